The van der Waals surface area contributed by atoms with Crippen molar-refractivity contribution < 1.29 is 32.2 Å². The van der Waals surface area contributed by atoms with Gasteiger partial charge in [0.15, 0.2) is 0 Å². The molecule has 5 atom stereocenters. The van der Waals surface area contributed by atoms with Crippen LogP contribution in [0.2, 0.25) is 0 Å². The molecule has 6 nitrogen and oxygen atoms in total. The van der Waals surface area contributed by atoms with E-state index in [0.717, 1.165) is 44.9 Å². The average molecular weight is 461 g/mol. The number of hydrogen-bond acceptors (Lipinski definition) is 4. The van der Waals surface area contributed by atoms with E-state index in [1.54, 1.807) is 6.92 Å². The molecule has 0 radical (unpaired) electrons. The molecule has 0 aromatic heterocycles. The second kappa shape index (κ2) is 9.49. The van der Waals surface area contributed by atoms with Crippen molar-refractivity contribution in [1.82, 2.24) is 9.80 Å². The minimum Gasteiger partial charge on any atom is -0.368 e. The molecule has 182 valence electrons. The van der Waals surface area contributed by atoms with Gasteiger partial charge in [-0.25, -0.2) is 0 Å². The van der Waals surface area contributed by atoms with E-state index in [4.69, 9.17) is 4.74 Å². The molecule has 32 heavy (non-hydrogen) atoms. The highest BCUT2D eigenvalue weighted by atomic mass is 19.4. The summed E-state index contributed by atoms with van der Waals surface area (Å²) in [4.78, 5) is 29.7. The fraction of sp³-hybridized carbons (Fsp3) is 0.913. The number of carbonyl (C=O) groups excluding carboxylic acids is 2. The topological polar surface area (TPSA) is 59.1 Å². The van der Waals surface area contributed by atoms with Crippen LogP contribution in [0, 0.1) is 11.8 Å². The van der Waals surface area contributed by atoms with E-state index in [9.17, 15) is 22.8 Å². The van der Waals surface area contributed by atoms with E-state index in [2.05, 4.69) is 4.74 Å². The Kier molecular flexibility index (Phi) is 7.05. The third kappa shape index (κ3) is 5.08. The molecular formula is C23H35F3N2O4. The number of piperazine rings is 1. The molecule has 4 aliphatic rings. The fourth-order valence-electron chi connectivity index (χ4n) is 6.71. The van der Waals surface area contributed by atoms with Crippen molar-refractivity contribution in [3.63, 3.8) is 0 Å². The highest BCUT2D eigenvalue weighted by Crippen LogP contribution is 2.44. The van der Waals surface area contributed by atoms with Crippen LogP contribution in [0.5, 0.6) is 0 Å². The lowest BCUT2D eigenvalue weighted by Gasteiger charge is -2.55. The number of fused-ring (bicyclic) bond motifs is 1. The first-order valence-electron chi connectivity index (χ1n) is 12.1. The van der Waals surface area contributed by atoms with Crippen LogP contribution in [0.25, 0.3) is 0 Å². The van der Waals surface area contributed by atoms with E-state index in [1.807, 2.05) is 16.7 Å². The summed E-state index contributed by atoms with van der Waals surface area (Å²) in [5, 5.41) is 0. The first-order chi connectivity index (χ1) is 15.1. The van der Waals surface area contributed by atoms with Gasteiger partial charge in [-0.1, -0.05) is 0 Å². The van der Waals surface area contributed by atoms with Crippen LogP contribution in [0.3, 0.4) is 0 Å². The van der Waals surface area contributed by atoms with E-state index < -0.39 is 12.5 Å². The molecule has 2 saturated carbocycles. The van der Waals surface area contributed by atoms with Gasteiger partial charge in [0.1, 0.15) is 6.10 Å². The molecule has 2 saturated heterocycles. The highest BCUT2D eigenvalue weighted by molar-refractivity contribution is 5.82. The molecule has 4 fully saturated rings. The highest BCUT2D eigenvalue weighted by Gasteiger charge is 2.49. The second-order valence-corrected chi connectivity index (χ2v) is 10.1. The fourth-order valence-corrected chi connectivity index (χ4v) is 6.71. The van der Waals surface area contributed by atoms with Crippen LogP contribution in [0.1, 0.15) is 71.6 Å². The van der Waals surface area contributed by atoms with Crippen molar-refractivity contribution in [3.05, 3.63) is 0 Å². The summed E-state index contributed by atoms with van der Waals surface area (Å²) in [5.74, 6) is 0.773. The number of carbonyl (C=O) groups is 2. The van der Waals surface area contributed by atoms with Gasteiger partial charge >= 0.3 is 6.36 Å². The summed E-state index contributed by atoms with van der Waals surface area (Å²) < 4.78 is 47.6. The molecule has 0 N–H and O–H groups in total. The van der Waals surface area contributed by atoms with Crippen molar-refractivity contribution in [2.24, 2.45) is 11.8 Å². The van der Waals surface area contributed by atoms with Gasteiger partial charge in [-0.05, 0) is 76.5 Å². The summed E-state index contributed by atoms with van der Waals surface area (Å²) in [6, 6.07) is -0.0805. The zero-order chi connectivity index (χ0) is 23.0. The van der Waals surface area contributed by atoms with Gasteiger partial charge in [0.05, 0.1) is 18.2 Å². The predicted octanol–water partition coefficient (Wildman–Crippen LogP) is 3.88. The summed E-state index contributed by atoms with van der Waals surface area (Å²) in [6.07, 6.45) is 0.763. The maximum atomic E-state index is 13.3. The Bertz CT molecular complexity index is 689. The summed E-state index contributed by atoms with van der Waals surface area (Å²) in [5.41, 5.74) is 0. The van der Waals surface area contributed by atoms with Crippen LogP contribution in [0.15, 0.2) is 0 Å². The number of nitrogens with zero attached hydrogens (tertiary/aromatic N) is 2. The lowest BCUT2D eigenvalue weighted by Crippen LogP contribution is -2.68. The van der Waals surface area contributed by atoms with E-state index >= 15 is 0 Å². The number of halogens is 3. The molecule has 2 heterocycles. The zero-order valence-corrected chi connectivity index (χ0v) is 19.0. The Morgan fingerprint density at radius 1 is 0.969 bits per heavy atom. The van der Waals surface area contributed by atoms with Crippen LogP contribution in [0.4, 0.5) is 13.2 Å². The van der Waals surface area contributed by atoms with Crippen molar-refractivity contribution in [1.29, 1.82) is 0 Å². The first kappa shape index (κ1) is 23.8. The molecule has 2 aliphatic heterocycles. The zero-order valence-electron chi connectivity index (χ0n) is 19.0. The van der Waals surface area contributed by atoms with Crippen molar-refractivity contribution in [3.8, 4) is 0 Å². The van der Waals surface area contributed by atoms with Crippen LogP contribution >= 0.6 is 0 Å². The molecule has 2 amide bonds. The third-order valence-corrected chi connectivity index (χ3v) is 8.05. The number of hydrogen-bond donors (Lipinski definition) is 0. The van der Waals surface area contributed by atoms with Crippen LogP contribution < -0.4 is 0 Å². The van der Waals surface area contributed by atoms with Gasteiger partial charge in [0.25, 0.3) is 5.91 Å². The number of alkyl halides is 3. The Morgan fingerprint density at radius 2 is 1.66 bits per heavy atom. The van der Waals surface area contributed by atoms with Crippen LogP contribution in [-0.2, 0) is 19.1 Å². The standard InChI is InChI=1S/C23H35F3N2O4/c1-14-13-27(22(30)21-4-3-11-31-21)20-12-17(7-10-19(20)28(14)15(2)29)16-5-8-18(9-6-16)32-23(24,25)26/h14,16-21H,3-13H2,1-2H3/t14-,16?,17?,18?,19?,20?,21?/m0/s1. The Balaban J connectivity index is 1.45. The number of ether oxygens (including phenoxy) is 2. The average Bonchev–Trinajstić information content (AvgIpc) is 3.26. The van der Waals surface area contributed by atoms with Crippen molar-refractivity contribution in [2.45, 2.75) is 108 Å². The van der Waals surface area contributed by atoms with Gasteiger partial charge in [0.2, 0.25) is 5.91 Å². The molecule has 0 aromatic carbocycles. The quantitative estimate of drug-likeness (QED) is 0.642. The van der Waals surface area contributed by atoms with Crippen LogP contribution in [-0.4, -0.2) is 71.5 Å². The monoisotopic (exact) mass is 460 g/mol. The maximum Gasteiger partial charge on any atom is 0.522 e. The maximum absolute atomic E-state index is 13.3. The van der Waals surface area contributed by atoms with E-state index in [-0.39, 0.29) is 36.0 Å². The van der Waals surface area contributed by atoms with E-state index in [0.29, 0.717) is 37.8 Å². The molecule has 0 aromatic rings. The lowest BCUT2D eigenvalue weighted by molar-refractivity contribution is -0.346. The molecule has 4 rings (SSSR count). The SMILES string of the molecule is CC(=O)N1C2CCC(C3CCC(OC(F)(F)F)CC3)CC2N(C(=O)C2CCCO2)C[C@@H]1C. The Morgan fingerprint density at radius 3 is 2.25 bits per heavy atom. The van der Waals surface area contributed by atoms with E-state index in [1.165, 1.54) is 0 Å². The lowest BCUT2D eigenvalue weighted by atomic mass is 9.69. The van der Waals surface area contributed by atoms with Gasteiger partial charge in [-0.15, -0.1) is 13.2 Å². The molecule has 2 aliphatic carbocycles. The van der Waals surface area contributed by atoms with Crippen molar-refractivity contribution >= 4 is 11.8 Å². The van der Waals surface area contributed by atoms with Gasteiger partial charge in [0, 0.05) is 26.1 Å². The number of amides is 2. The molecule has 0 spiro atoms. The largest absolute Gasteiger partial charge is 0.522 e. The Labute approximate surface area is 187 Å². The summed E-state index contributed by atoms with van der Waals surface area (Å²) in [6.45, 7) is 4.72. The molecule has 9 heteroatoms. The second-order valence-electron chi connectivity index (χ2n) is 10.1. The Hall–Kier alpha value is -1.35. The predicted molar refractivity (Wildman–Crippen MR) is 110 cm³/mol. The number of rotatable bonds is 3. The molecule has 4 unspecified atom stereocenters. The normalized spacial score (nSPS) is 38.5. The van der Waals surface area contributed by atoms with Gasteiger partial charge in [-0.2, -0.15) is 0 Å². The first-order valence-corrected chi connectivity index (χ1v) is 12.1. The molecular weight excluding hydrogens is 425 g/mol. The minimum absolute atomic E-state index is 0.00255. The smallest absolute Gasteiger partial charge is 0.368 e. The third-order valence-electron chi connectivity index (χ3n) is 8.05. The minimum atomic E-state index is -4.58. The van der Waals surface area contributed by atoms with Crippen molar-refractivity contribution in [2.75, 3.05) is 13.2 Å². The summed E-state index contributed by atoms with van der Waals surface area (Å²) >= 11 is 0. The van der Waals surface area contributed by atoms with Gasteiger partial charge in [-0.3, -0.25) is 14.3 Å². The molecule has 0 bridgehead atoms. The summed E-state index contributed by atoms with van der Waals surface area (Å²) in [7, 11) is 0. The van der Waals surface area contributed by atoms with Gasteiger partial charge < -0.3 is 14.5 Å².